The van der Waals surface area contributed by atoms with E-state index in [9.17, 15) is 18.0 Å². The second-order valence-corrected chi connectivity index (χ2v) is 9.94. The fraction of sp³-hybridized carbons (Fsp3) is 0.654. The second-order valence-electron chi connectivity index (χ2n) is 9.94. The molecule has 1 aliphatic carbocycles. The van der Waals surface area contributed by atoms with Gasteiger partial charge in [0.15, 0.2) is 12.5 Å². The molecule has 0 radical (unpaired) electrons. The Morgan fingerprint density at radius 3 is 2.65 bits per heavy atom. The molecule has 1 N–H and O–H groups in total. The number of alkyl halides is 3. The highest BCUT2D eigenvalue weighted by molar-refractivity contribution is 5.78. The van der Waals surface area contributed by atoms with Crippen molar-refractivity contribution >= 4 is 5.91 Å². The summed E-state index contributed by atoms with van der Waals surface area (Å²) >= 11 is 0. The molecule has 2 aromatic rings. The van der Waals surface area contributed by atoms with Crippen LogP contribution in [0.15, 0.2) is 22.7 Å². The van der Waals surface area contributed by atoms with E-state index in [4.69, 9.17) is 13.9 Å². The Morgan fingerprint density at radius 1 is 1.22 bits per heavy atom. The first-order chi connectivity index (χ1) is 17.7. The SMILES string of the molecule is COC(CN1CCc2ccc(OCC(F)(F)F)nc2CC1)[C@H]1CC[C@H](NC(=O)Cc2cnc(C)o2)CC1. The largest absolute Gasteiger partial charge is 0.468 e. The van der Waals surface area contributed by atoms with Crippen molar-refractivity contribution in [3.63, 3.8) is 0 Å². The first-order valence-corrected chi connectivity index (χ1v) is 12.8. The molecule has 1 unspecified atom stereocenters. The fourth-order valence-corrected chi connectivity index (χ4v) is 5.26. The molecule has 1 saturated carbocycles. The highest BCUT2D eigenvalue weighted by Gasteiger charge is 2.31. The molecule has 11 heteroatoms. The van der Waals surface area contributed by atoms with Crippen molar-refractivity contribution in [3.05, 3.63) is 41.2 Å². The molecule has 4 rings (SSSR count). The smallest absolute Gasteiger partial charge is 0.422 e. The van der Waals surface area contributed by atoms with Crippen LogP contribution in [0.1, 0.15) is 48.6 Å². The van der Waals surface area contributed by atoms with Gasteiger partial charge in [0.05, 0.1) is 18.7 Å². The standard InChI is InChI=1S/C26H35F3N4O4/c1-17-30-14-21(37-17)13-24(34)31-20-6-3-19(4-7-20)23(35-2)15-33-11-9-18-5-8-25(32-22(18)10-12-33)36-16-26(27,28)29/h5,8,14,19-20,23H,3-4,6-7,9-13,15-16H2,1-2H3,(H,31,34)/t19-,20-,23?. The number of pyridine rings is 1. The lowest BCUT2D eigenvalue weighted by molar-refractivity contribution is -0.154. The van der Waals surface area contributed by atoms with Crippen LogP contribution in [0.4, 0.5) is 13.2 Å². The molecule has 0 bridgehead atoms. The summed E-state index contributed by atoms with van der Waals surface area (Å²) in [5, 5.41) is 3.12. The number of nitrogens with zero attached hydrogens (tertiary/aromatic N) is 3. The predicted octanol–water partition coefficient (Wildman–Crippen LogP) is 3.65. The number of carbonyl (C=O) groups is 1. The molecule has 2 aromatic heterocycles. The van der Waals surface area contributed by atoms with Crippen LogP contribution in [-0.4, -0.2) is 72.4 Å². The van der Waals surface area contributed by atoms with E-state index in [1.807, 2.05) is 6.07 Å². The average molecular weight is 525 g/mol. The molecule has 0 saturated heterocycles. The number of aryl methyl sites for hydroxylation is 1. The maximum atomic E-state index is 12.5. The molecule has 2 aliphatic rings. The van der Waals surface area contributed by atoms with Crippen LogP contribution in [0.2, 0.25) is 0 Å². The average Bonchev–Trinajstić information content (AvgIpc) is 3.15. The van der Waals surface area contributed by atoms with Gasteiger partial charge in [0.1, 0.15) is 5.76 Å². The van der Waals surface area contributed by atoms with Gasteiger partial charge in [-0.2, -0.15) is 13.2 Å². The molecule has 204 valence electrons. The van der Waals surface area contributed by atoms with Crippen LogP contribution in [0.25, 0.3) is 0 Å². The fourth-order valence-electron chi connectivity index (χ4n) is 5.26. The summed E-state index contributed by atoms with van der Waals surface area (Å²) < 4.78 is 53.5. The number of halogens is 3. The Hall–Kier alpha value is -2.66. The van der Waals surface area contributed by atoms with Gasteiger partial charge >= 0.3 is 6.18 Å². The lowest BCUT2D eigenvalue weighted by Crippen LogP contribution is -2.43. The number of fused-ring (bicyclic) bond motifs is 1. The number of aromatic nitrogens is 2. The Kier molecular flexibility index (Phi) is 9.07. The first kappa shape index (κ1) is 27.4. The van der Waals surface area contributed by atoms with Gasteiger partial charge in [-0.25, -0.2) is 9.97 Å². The first-order valence-electron chi connectivity index (χ1n) is 12.8. The van der Waals surface area contributed by atoms with Crippen molar-refractivity contribution < 1.29 is 31.9 Å². The van der Waals surface area contributed by atoms with Crippen LogP contribution >= 0.6 is 0 Å². The Balaban J connectivity index is 1.23. The number of ether oxygens (including phenoxy) is 2. The van der Waals surface area contributed by atoms with Gasteiger partial charge in [0.25, 0.3) is 0 Å². The van der Waals surface area contributed by atoms with E-state index in [0.29, 0.717) is 24.0 Å². The summed E-state index contributed by atoms with van der Waals surface area (Å²) in [6.07, 6.45) is 2.66. The number of carbonyl (C=O) groups excluding carboxylic acids is 1. The van der Waals surface area contributed by atoms with E-state index in [1.54, 1.807) is 20.2 Å². The van der Waals surface area contributed by atoms with Crippen molar-refractivity contribution in [2.75, 3.05) is 33.4 Å². The Bertz CT molecular complexity index is 1040. The van der Waals surface area contributed by atoms with Gasteiger partial charge in [-0.15, -0.1) is 0 Å². The minimum Gasteiger partial charge on any atom is -0.468 e. The van der Waals surface area contributed by atoms with E-state index in [1.165, 1.54) is 6.07 Å². The molecule has 1 amide bonds. The van der Waals surface area contributed by atoms with Gasteiger partial charge in [0, 0.05) is 57.9 Å². The topological polar surface area (TPSA) is 89.7 Å². The quantitative estimate of drug-likeness (QED) is 0.536. The number of nitrogens with one attached hydrogen (secondary N) is 1. The minimum atomic E-state index is -4.39. The third-order valence-corrected chi connectivity index (χ3v) is 7.20. The Labute approximate surface area is 214 Å². The summed E-state index contributed by atoms with van der Waals surface area (Å²) in [6, 6.07) is 3.49. The van der Waals surface area contributed by atoms with Gasteiger partial charge in [-0.3, -0.25) is 4.79 Å². The van der Waals surface area contributed by atoms with Crippen molar-refractivity contribution in [3.8, 4) is 5.88 Å². The van der Waals surface area contributed by atoms with Crippen LogP contribution in [0.5, 0.6) is 5.88 Å². The van der Waals surface area contributed by atoms with Gasteiger partial charge in [-0.05, 0) is 43.6 Å². The molecular weight excluding hydrogens is 489 g/mol. The normalized spacial score (nSPS) is 21.6. The molecule has 37 heavy (non-hydrogen) atoms. The van der Waals surface area contributed by atoms with Crippen molar-refractivity contribution in [2.45, 2.75) is 70.2 Å². The molecule has 8 nitrogen and oxygen atoms in total. The number of hydrogen-bond acceptors (Lipinski definition) is 7. The lowest BCUT2D eigenvalue weighted by atomic mass is 9.82. The molecular formula is C26H35F3N4O4. The third kappa shape index (κ3) is 8.16. The van der Waals surface area contributed by atoms with Crippen molar-refractivity contribution in [1.82, 2.24) is 20.2 Å². The monoisotopic (exact) mass is 524 g/mol. The van der Waals surface area contributed by atoms with Crippen LogP contribution < -0.4 is 10.1 Å². The molecule has 3 heterocycles. The summed E-state index contributed by atoms with van der Waals surface area (Å²) in [6.45, 7) is 2.80. The summed E-state index contributed by atoms with van der Waals surface area (Å²) in [5.74, 6) is 1.49. The molecule has 0 spiro atoms. The van der Waals surface area contributed by atoms with Crippen molar-refractivity contribution in [1.29, 1.82) is 0 Å². The zero-order valence-corrected chi connectivity index (χ0v) is 21.4. The van der Waals surface area contributed by atoms with Gasteiger partial charge in [-0.1, -0.05) is 6.07 Å². The number of rotatable bonds is 9. The molecule has 0 aromatic carbocycles. The Morgan fingerprint density at radius 2 is 1.97 bits per heavy atom. The van der Waals surface area contributed by atoms with Crippen LogP contribution in [-0.2, 0) is 28.8 Å². The lowest BCUT2D eigenvalue weighted by Gasteiger charge is -2.35. The minimum absolute atomic E-state index is 0.0130. The predicted molar refractivity (Wildman–Crippen MR) is 129 cm³/mol. The van der Waals surface area contributed by atoms with E-state index in [0.717, 1.165) is 63.0 Å². The summed E-state index contributed by atoms with van der Waals surface area (Å²) in [7, 11) is 1.75. The highest BCUT2D eigenvalue weighted by atomic mass is 19.4. The molecule has 1 atom stereocenters. The number of methoxy groups -OCH3 is 1. The summed E-state index contributed by atoms with van der Waals surface area (Å²) in [4.78, 5) is 23.1. The van der Waals surface area contributed by atoms with Crippen LogP contribution in [0, 0.1) is 12.8 Å². The molecule has 1 aliphatic heterocycles. The zero-order valence-electron chi connectivity index (χ0n) is 21.4. The highest BCUT2D eigenvalue weighted by Crippen LogP contribution is 2.29. The maximum absolute atomic E-state index is 12.5. The third-order valence-electron chi connectivity index (χ3n) is 7.20. The van der Waals surface area contributed by atoms with E-state index in [-0.39, 0.29) is 30.4 Å². The van der Waals surface area contributed by atoms with E-state index in [2.05, 4.69) is 20.2 Å². The van der Waals surface area contributed by atoms with E-state index >= 15 is 0 Å². The van der Waals surface area contributed by atoms with Gasteiger partial charge in [0.2, 0.25) is 11.8 Å². The van der Waals surface area contributed by atoms with Crippen molar-refractivity contribution in [2.24, 2.45) is 5.92 Å². The van der Waals surface area contributed by atoms with Crippen LogP contribution in [0.3, 0.4) is 0 Å². The zero-order chi connectivity index (χ0) is 26.4. The second kappa shape index (κ2) is 12.3. The number of amides is 1. The number of oxazole rings is 1. The van der Waals surface area contributed by atoms with E-state index < -0.39 is 12.8 Å². The summed E-state index contributed by atoms with van der Waals surface area (Å²) in [5.41, 5.74) is 1.85. The van der Waals surface area contributed by atoms with Gasteiger partial charge < -0.3 is 24.1 Å². The molecule has 1 fully saturated rings. The number of hydrogen-bond donors (Lipinski definition) is 1. The maximum Gasteiger partial charge on any atom is 0.422 e.